The van der Waals surface area contributed by atoms with Gasteiger partial charge in [0.15, 0.2) is 6.61 Å². The van der Waals surface area contributed by atoms with Gasteiger partial charge in [-0.2, -0.15) is 0 Å². The Hall–Kier alpha value is -2.82. The van der Waals surface area contributed by atoms with Crippen molar-refractivity contribution in [2.45, 2.75) is 19.3 Å². The number of hydrogen-bond acceptors (Lipinski definition) is 3. The van der Waals surface area contributed by atoms with Gasteiger partial charge in [-0.1, -0.05) is 49.4 Å². The number of carbonyl (C=O) groups is 2. The van der Waals surface area contributed by atoms with Crippen LogP contribution in [0.15, 0.2) is 54.6 Å². The van der Waals surface area contributed by atoms with Crippen molar-refractivity contribution < 1.29 is 19.4 Å². The molecule has 136 valence electrons. The molecule has 26 heavy (non-hydrogen) atoms. The molecule has 0 saturated carbocycles. The van der Waals surface area contributed by atoms with Crippen molar-refractivity contribution >= 4 is 11.9 Å². The maximum absolute atomic E-state index is 12.5. The summed E-state index contributed by atoms with van der Waals surface area (Å²) in [4.78, 5) is 25.7. The zero-order valence-electron chi connectivity index (χ0n) is 14.8. The molecule has 0 bridgehead atoms. The third-order valence-electron chi connectivity index (χ3n) is 4.91. The Bertz CT molecular complexity index is 757. The van der Waals surface area contributed by atoms with Crippen LogP contribution >= 0.6 is 0 Å². The minimum Gasteiger partial charge on any atom is -0.484 e. The molecule has 0 radical (unpaired) electrons. The number of rotatable bonds is 6. The molecule has 2 atom stereocenters. The van der Waals surface area contributed by atoms with Crippen LogP contribution in [-0.4, -0.2) is 41.6 Å². The van der Waals surface area contributed by atoms with Crippen LogP contribution in [-0.2, 0) is 16.0 Å². The number of amides is 1. The number of hydrogen-bond donors (Lipinski definition) is 1. The smallest absolute Gasteiger partial charge is 0.308 e. The van der Waals surface area contributed by atoms with E-state index in [9.17, 15) is 14.7 Å². The second-order valence-electron chi connectivity index (χ2n) is 6.55. The number of carbonyl (C=O) groups excluding carboxylic acids is 1. The van der Waals surface area contributed by atoms with E-state index < -0.39 is 11.9 Å². The highest BCUT2D eigenvalue weighted by Crippen LogP contribution is 2.33. The summed E-state index contributed by atoms with van der Waals surface area (Å²) in [5.41, 5.74) is 2.16. The first kappa shape index (κ1) is 18.0. The molecule has 1 aliphatic heterocycles. The largest absolute Gasteiger partial charge is 0.484 e. The summed E-state index contributed by atoms with van der Waals surface area (Å²) in [6.45, 7) is 2.61. The average Bonchev–Trinajstić information content (AvgIpc) is 3.13. The second-order valence-corrected chi connectivity index (χ2v) is 6.55. The lowest BCUT2D eigenvalue weighted by atomic mass is 9.89. The highest BCUT2D eigenvalue weighted by molar-refractivity contribution is 5.80. The van der Waals surface area contributed by atoms with Gasteiger partial charge in [0.05, 0.1) is 5.92 Å². The normalized spacial score (nSPS) is 19.3. The number of carboxylic acid groups (broad SMARTS) is 1. The van der Waals surface area contributed by atoms with E-state index in [1.807, 2.05) is 54.6 Å². The minimum atomic E-state index is -0.870. The van der Waals surface area contributed by atoms with Gasteiger partial charge in [0.1, 0.15) is 5.75 Å². The summed E-state index contributed by atoms with van der Waals surface area (Å²) >= 11 is 0. The Morgan fingerprint density at radius 2 is 1.77 bits per heavy atom. The molecule has 0 aliphatic carbocycles. The van der Waals surface area contributed by atoms with Crippen LogP contribution in [0.1, 0.15) is 24.0 Å². The number of likely N-dealkylation sites (tertiary alicyclic amines) is 1. The van der Waals surface area contributed by atoms with Crippen LogP contribution in [0.5, 0.6) is 5.75 Å². The molecule has 2 aromatic carbocycles. The van der Waals surface area contributed by atoms with E-state index in [-0.39, 0.29) is 25.0 Å². The van der Waals surface area contributed by atoms with Gasteiger partial charge in [0.25, 0.3) is 5.91 Å². The molecule has 1 aliphatic rings. The van der Waals surface area contributed by atoms with E-state index >= 15 is 0 Å². The van der Waals surface area contributed by atoms with Crippen LogP contribution in [0.25, 0.3) is 0 Å². The maximum Gasteiger partial charge on any atom is 0.308 e. The molecule has 0 aromatic heterocycles. The lowest BCUT2D eigenvalue weighted by Crippen LogP contribution is -2.33. The fourth-order valence-electron chi connectivity index (χ4n) is 3.35. The van der Waals surface area contributed by atoms with Crippen LogP contribution in [0.2, 0.25) is 0 Å². The third kappa shape index (κ3) is 4.04. The molecule has 0 unspecified atom stereocenters. The summed E-state index contributed by atoms with van der Waals surface area (Å²) in [6, 6.07) is 17.2. The zero-order valence-corrected chi connectivity index (χ0v) is 14.8. The Kier molecular flexibility index (Phi) is 5.56. The van der Waals surface area contributed by atoms with E-state index in [4.69, 9.17) is 4.74 Å². The molecule has 1 saturated heterocycles. The van der Waals surface area contributed by atoms with E-state index in [0.717, 1.165) is 12.0 Å². The van der Waals surface area contributed by atoms with Crippen molar-refractivity contribution in [1.82, 2.24) is 4.90 Å². The summed E-state index contributed by atoms with van der Waals surface area (Å²) in [5, 5.41) is 9.53. The molecular weight excluding hydrogens is 330 g/mol. The average molecular weight is 353 g/mol. The Morgan fingerprint density at radius 3 is 2.38 bits per heavy atom. The van der Waals surface area contributed by atoms with Gasteiger partial charge in [0, 0.05) is 19.0 Å². The summed E-state index contributed by atoms with van der Waals surface area (Å²) in [5.74, 6) is -1.20. The molecule has 1 amide bonds. The van der Waals surface area contributed by atoms with Crippen molar-refractivity contribution in [3.8, 4) is 5.75 Å². The van der Waals surface area contributed by atoms with Crippen LogP contribution in [0.4, 0.5) is 0 Å². The molecular formula is C21H23NO4. The SMILES string of the molecule is CCc1ccc(OCC(=O)N2C[C@H](C(=O)O)[C@H](c3ccccc3)C2)cc1. The van der Waals surface area contributed by atoms with Crippen molar-refractivity contribution in [2.24, 2.45) is 5.92 Å². The van der Waals surface area contributed by atoms with Gasteiger partial charge in [-0.05, 0) is 29.7 Å². The predicted molar refractivity (Wildman–Crippen MR) is 98.2 cm³/mol. The van der Waals surface area contributed by atoms with Crippen molar-refractivity contribution in [1.29, 1.82) is 0 Å². The molecule has 1 fully saturated rings. The van der Waals surface area contributed by atoms with Crippen LogP contribution in [0, 0.1) is 5.92 Å². The highest BCUT2D eigenvalue weighted by atomic mass is 16.5. The van der Waals surface area contributed by atoms with Gasteiger partial charge < -0.3 is 14.7 Å². The molecule has 2 aromatic rings. The number of carboxylic acids is 1. The Labute approximate surface area is 153 Å². The summed E-state index contributed by atoms with van der Waals surface area (Å²) < 4.78 is 5.58. The molecule has 3 rings (SSSR count). The summed E-state index contributed by atoms with van der Waals surface area (Å²) in [6.07, 6.45) is 0.949. The van der Waals surface area contributed by atoms with Gasteiger partial charge in [0.2, 0.25) is 0 Å². The number of nitrogens with zero attached hydrogens (tertiary/aromatic N) is 1. The second kappa shape index (κ2) is 8.04. The van der Waals surface area contributed by atoms with E-state index in [1.165, 1.54) is 5.56 Å². The molecule has 1 N–H and O–H groups in total. The summed E-state index contributed by atoms with van der Waals surface area (Å²) in [7, 11) is 0. The number of aryl methyl sites for hydroxylation is 1. The lowest BCUT2D eigenvalue weighted by molar-refractivity contribution is -0.142. The standard InChI is InChI=1S/C21H23NO4/c1-2-15-8-10-17(11-9-15)26-14-20(23)22-12-18(19(13-22)21(24)25)16-6-4-3-5-7-16/h3-11,18-19H,2,12-14H2,1H3,(H,24,25)/t18-,19-/m0/s1. The van der Waals surface area contributed by atoms with Gasteiger partial charge >= 0.3 is 5.97 Å². The Balaban J connectivity index is 1.63. The number of ether oxygens (including phenoxy) is 1. The van der Waals surface area contributed by atoms with Crippen LogP contribution in [0.3, 0.4) is 0 Å². The van der Waals surface area contributed by atoms with Crippen LogP contribution < -0.4 is 4.74 Å². The Morgan fingerprint density at radius 1 is 1.08 bits per heavy atom. The van der Waals surface area contributed by atoms with Gasteiger partial charge in [-0.3, -0.25) is 9.59 Å². The van der Waals surface area contributed by atoms with Gasteiger partial charge in [-0.15, -0.1) is 0 Å². The molecule has 5 nitrogen and oxygen atoms in total. The lowest BCUT2D eigenvalue weighted by Gasteiger charge is -2.17. The van der Waals surface area contributed by atoms with E-state index in [2.05, 4.69) is 6.92 Å². The highest BCUT2D eigenvalue weighted by Gasteiger charge is 2.40. The first-order chi connectivity index (χ1) is 12.6. The first-order valence-corrected chi connectivity index (χ1v) is 8.85. The molecule has 0 spiro atoms. The van der Waals surface area contributed by atoms with E-state index in [0.29, 0.717) is 12.3 Å². The topological polar surface area (TPSA) is 66.8 Å². The predicted octanol–water partition coefficient (Wildman–Crippen LogP) is 2.95. The van der Waals surface area contributed by atoms with Gasteiger partial charge in [-0.25, -0.2) is 0 Å². The third-order valence-corrected chi connectivity index (χ3v) is 4.91. The first-order valence-electron chi connectivity index (χ1n) is 8.85. The maximum atomic E-state index is 12.5. The van der Waals surface area contributed by atoms with Crippen molar-refractivity contribution in [3.05, 3.63) is 65.7 Å². The minimum absolute atomic E-state index is 0.0840. The molecule has 5 heteroatoms. The van der Waals surface area contributed by atoms with Crippen molar-refractivity contribution in [2.75, 3.05) is 19.7 Å². The molecule has 1 heterocycles. The van der Waals surface area contributed by atoms with Crippen molar-refractivity contribution in [3.63, 3.8) is 0 Å². The number of aliphatic carboxylic acids is 1. The zero-order chi connectivity index (χ0) is 18.5. The fraction of sp³-hybridized carbons (Fsp3) is 0.333. The number of benzene rings is 2. The van der Waals surface area contributed by atoms with E-state index in [1.54, 1.807) is 4.90 Å². The fourth-order valence-corrected chi connectivity index (χ4v) is 3.35. The monoisotopic (exact) mass is 353 g/mol. The quantitative estimate of drug-likeness (QED) is 0.867.